The zero-order valence-electron chi connectivity index (χ0n) is 16.1. The Hall–Kier alpha value is -3.65. The van der Waals surface area contributed by atoms with E-state index in [0.717, 1.165) is 29.1 Å². The highest BCUT2D eigenvalue weighted by Crippen LogP contribution is 2.27. The van der Waals surface area contributed by atoms with Gasteiger partial charge >= 0.3 is 0 Å². The molecular formula is C23H21N3O2. The number of aryl methyl sites for hydroxylation is 2. The summed E-state index contributed by atoms with van der Waals surface area (Å²) in [4.78, 5) is 10.6. The van der Waals surface area contributed by atoms with Crippen molar-refractivity contribution in [3.8, 4) is 11.8 Å². The maximum Gasteiger partial charge on any atom is 0.270 e. The quantitative estimate of drug-likeness (QED) is 0.331. The minimum absolute atomic E-state index is 0.0277. The average molecular weight is 371 g/mol. The maximum absolute atomic E-state index is 11.0. The van der Waals surface area contributed by atoms with Crippen LogP contribution in [-0.4, -0.2) is 9.49 Å². The number of non-ortho nitro benzene ring substituents is 1. The van der Waals surface area contributed by atoms with Gasteiger partial charge in [0, 0.05) is 29.2 Å². The monoisotopic (exact) mass is 371 g/mol. The van der Waals surface area contributed by atoms with Gasteiger partial charge in [-0.2, -0.15) is 5.26 Å². The summed E-state index contributed by atoms with van der Waals surface area (Å²) in [6.07, 6.45) is 2.78. The molecule has 0 aliphatic heterocycles. The highest BCUT2D eigenvalue weighted by atomic mass is 16.6. The van der Waals surface area contributed by atoms with E-state index in [2.05, 4.69) is 41.8 Å². The first-order valence-corrected chi connectivity index (χ1v) is 9.09. The molecule has 0 bridgehead atoms. The number of rotatable bonds is 5. The summed E-state index contributed by atoms with van der Waals surface area (Å²) in [6, 6.07) is 18.8. The molecule has 3 aromatic rings. The smallest absolute Gasteiger partial charge is 0.270 e. The second-order valence-corrected chi connectivity index (χ2v) is 6.66. The lowest BCUT2D eigenvalue weighted by molar-refractivity contribution is -0.384. The topological polar surface area (TPSA) is 71.9 Å². The number of aromatic nitrogens is 1. The van der Waals surface area contributed by atoms with Gasteiger partial charge < -0.3 is 4.57 Å². The summed E-state index contributed by atoms with van der Waals surface area (Å²) < 4.78 is 2.15. The molecule has 0 atom stereocenters. The summed E-state index contributed by atoms with van der Waals surface area (Å²) in [5, 5.41) is 20.6. The second kappa shape index (κ2) is 7.93. The largest absolute Gasteiger partial charge is 0.318 e. The number of nitrogens with zero attached hydrogens (tertiary/aromatic N) is 3. The maximum atomic E-state index is 11.0. The SMILES string of the molecule is CCc1ccc(-n2c(C)cc(C=C(C#N)c3cccc([N+](=O)[O-])c3)c2C)cc1. The van der Waals surface area contributed by atoms with Crippen LogP contribution in [0.15, 0.2) is 54.6 Å². The molecule has 0 spiro atoms. The summed E-state index contributed by atoms with van der Waals surface area (Å²) in [5.41, 5.74) is 6.24. The van der Waals surface area contributed by atoms with Crippen LogP contribution in [0.2, 0.25) is 0 Å². The van der Waals surface area contributed by atoms with Crippen LogP contribution in [0.1, 0.15) is 35.0 Å². The van der Waals surface area contributed by atoms with E-state index in [1.807, 2.05) is 19.9 Å². The van der Waals surface area contributed by atoms with Crippen LogP contribution in [0.3, 0.4) is 0 Å². The lowest BCUT2D eigenvalue weighted by Gasteiger charge is -2.10. The zero-order chi connectivity index (χ0) is 20.3. The molecule has 0 aliphatic rings. The zero-order valence-corrected chi connectivity index (χ0v) is 16.1. The van der Waals surface area contributed by atoms with Crippen LogP contribution in [0.4, 0.5) is 5.69 Å². The van der Waals surface area contributed by atoms with Crippen LogP contribution in [-0.2, 0) is 6.42 Å². The van der Waals surface area contributed by atoms with Crippen LogP contribution >= 0.6 is 0 Å². The Labute approximate surface area is 164 Å². The van der Waals surface area contributed by atoms with E-state index in [4.69, 9.17) is 0 Å². The molecule has 0 unspecified atom stereocenters. The van der Waals surface area contributed by atoms with Crippen molar-refractivity contribution in [2.24, 2.45) is 0 Å². The standard InChI is InChI=1S/C23H21N3O2/c1-4-18-8-10-22(11-9-18)25-16(2)12-20(17(25)3)13-21(15-24)19-6-5-7-23(14-19)26(27)28/h5-14H,4H2,1-3H3. The molecule has 1 aromatic heterocycles. The van der Waals surface area contributed by atoms with Crippen LogP contribution < -0.4 is 0 Å². The Morgan fingerprint density at radius 1 is 1.18 bits per heavy atom. The molecule has 3 rings (SSSR count). The van der Waals surface area contributed by atoms with E-state index in [-0.39, 0.29) is 5.69 Å². The van der Waals surface area contributed by atoms with E-state index in [1.165, 1.54) is 17.7 Å². The van der Waals surface area contributed by atoms with Crippen molar-refractivity contribution >= 4 is 17.3 Å². The minimum atomic E-state index is -0.454. The fourth-order valence-corrected chi connectivity index (χ4v) is 3.33. The Morgan fingerprint density at radius 3 is 2.50 bits per heavy atom. The van der Waals surface area contributed by atoms with Gasteiger partial charge in [0.05, 0.1) is 16.6 Å². The van der Waals surface area contributed by atoms with Crippen LogP contribution in [0.25, 0.3) is 17.3 Å². The fourth-order valence-electron chi connectivity index (χ4n) is 3.33. The first-order chi connectivity index (χ1) is 13.4. The second-order valence-electron chi connectivity index (χ2n) is 6.66. The Bertz CT molecular complexity index is 1100. The molecule has 5 nitrogen and oxygen atoms in total. The third-order valence-electron chi connectivity index (χ3n) is 4.86. The molecule has 0 saturated carbocycles. The number of hydrogen-bond donors (Lipinski definition) is 0. The van der Waals surface area contributed by atoms with Gasteiger partial charge in [-0.1, -0.05) is 31.2 Å². The van der Waals surface area contributed by atoms with Crippen molar-refractivity contribution in [3.63, 3.8) is 0 Å². The number of nitro benzene ring substituents is 1. The van der Waals surface area contributed by atoms with Gasteiger partial charge in [0.2, 0.25) is 0 Å². The molecule has 5 heteroatoms. The number of allylic oxidation sites excluding steroid dienone is 1. The highest BCUT2D eigenvalue weighted by Gasteiger charge is 2.13. The van der Waals surface area contributed by atoms with E-state index < -0.39 is 4.92 Å². The number of hydrogen-bond acceptors (Lipinski definition) is 3. The van der Waals surface area contributed by atoms with Gasteiger partial charge in [-0.3, -0.25) is 10.1 Å². The summed E-state index contributed by atoms with van der Waals surface area (Å²) >= 11 is 0. The van der Waals surface area contributed by atoms with Crippen molar-refractivity contribution in [1.29, 1.82) is 5.26 Å². The number of nitro groups is 1. The molecular weight excluding hydrogens is 350 g/mol. The Balaban J connectivity index is 2.05. The van der Waals surface area contributed by atoms with Crippen molar-refractivity contribution in [1.82, 2.24) is 4.57 Å². The van der Waals surface area contributed by atoms with Crippen LogP contribution in [0.5, 0.6) is 0 Å². The van der Waals surface area contributed by atoms with Gasteiger partial charge in [0.25, 0.3) is 5.69 Å². The molecule has 1 heterocycles. The Morgan fingerprint density at radius 2 is 1.89 bits per heavy atom. The lowest BCUT2D eigenvalue weighted by atomic mass is 10.0. The molecule has 28 heavy (non-hydrogen) atoms. The lowest BCUT2D eigenvalue weighted by Crippen LogP contribution is -1.99. The van der Waals surface area contributed by atoms with E-state index in [9.17, 15) is 15.4 Å². The average Bonchev–Trinajstić information content (AvgIpc) is 2.99. The van der Waals surface area contributed by atoms with Gasteiger partial charge in [-0.25, -0.2) is 0 Å². The van der Waals surface area contributed by atoms with Crippen molar-refractivity contribution in [3.05, 3.63) is 92.8 Å². The minimum Gasteiger partial charge on any atom is -0.318 e. The molecule has 0 saturated heterocycles. The molecule has 0 N–H and O–H groups in total. The van der Waals surface area contributed by atoms with Gasteiger partial charge in [0.15, 0.2) is 0 Å². The van der Waals surface area contributed by atoms with Crippen molar-refractivity contribution < 1.29 is 4.92 Å². The van der Waals surface area contributed by atoms with Gasteiger partial charge in [-0.15, -0.1) is 0 Å². The van der Waals surface area contributed by atoms with Gasteiger partial charge in [0.1, 0.15) is 0 Å². The normalized spacial score (nSPS) is 11.3. The number of nitriles is 1. The van der Waals surface area contributed by atoms with Gasteiger partial charge in [-0.05, 0) is 61.2 Å². The molecule has 0 fully saturated rings. The predicted molar refractivity (Wildman–Crippen MR) is 111 cm³/mol. The Kier molecular flexibility index (Phi) is 5.42. The molecule has 2 aromatic carbocycles. The molecule has 0 aliphatic carbocycles. The predicted octanol–water partition coefficient (Wildman–Crippen LogP) is 5.63. The van der Waals surface area contributed by atoms with E-state index in [1.54, 1.807) is 18.2 Å². The first-order valence-electron chi connectivity index (χ1n) is 9.09. The van der Waals surface area contributed by atoms with E-state index >= 15 is 0 Å². The summed E-state index contributed by atoms with van der Waals surface area (Å²) in [7, 11) is 0. The third kappa shape index (κ3) is 3.72. The van der Waals surface area contributed by atoms with Crippen molar-refractivity contribution in [2.75, 3.05) is 0 Å². The molecule has 0 radical (unpaired) electrons. The first kappa shape index (κ1) is 19.1. The highest BCUT2D eigenvalue weighted by molar-refractivity contribution is 5.90. The van der Waals surface area contributed by atoms with Crippen molar-refractivity contribution in [2.45, 2.75) is 27.2 Å². The summed E-state index contributed by atoms with van der Waals surface area (Å²) in [6.45, 7) is 6.16. The van der Waals surface area contributed by atoms with Crippen LogP contribution in [0, 0.1) is 35.3 Å². The molecule has 0 amide bonds. The third-order valence-corrected chi connectivity index (χ3v) is 4.86. The number of benzene rings is 2. The van der Waals surface area contributed by atoms with E-state index in [0.29, 0.717) is 11.1 Å². The molecule has 140 valence electrons. The fraction of sp³-hybridized carbons (Fsp3) is 0.174. The summed E-state index contributed by atoms with van der Waals surface area (Å²) in [5.74, 6) is 0.